The number of nitrogens with one attached hydrogen (secondary N) is 1. The fraction of sp³-hybridized carbons (Fsp3) is 0.250. The number of benzene rings is 2. The minimum Gasteiger partial charge on any atom is -0.271 e. The molecular formula is C16H18F2N2. The van der Waals surface area contributed by atoms with Crippen molar-refractivity contribution in [3.8, 4) is 0 Å². The standard InChI is InChI=1S/C16H18F2N2/c1-10-4-3-5-14(16(10)18)15(20-19)9-12-6-7-13(17)8-11(12)2/h3-8,15,20H,9,19H2,1-2H3. The molecule has 0 radical (unpaired) electrons. The van der Waals surface area contributed by atoms with E-state index in [4.69, 9.17) is 5.84 Å². The summed E-state index contributed by atoms with van der Waals surface area (Å²) in [6.45, 7) is 3.55. The molecule has 0 spiro atoms. The molecule has 106 valence electrons. The zero-order valence-corrected chi connectivity index (χ0v) is 11.6. The van der Waals surface area contributed by atoms with Gasteiger partial charge in [-0.05, 0) is 49.1 Å². The van der Waals surface area contributed by atoms with Gasteiger partial charge in [0.05, 0.1) is 6.04 Å². The molecular weight excluding hydrogens is 258 g/mol. The van der Waals surface area contributed by atoms with Crippen LogP contribution in [0.1, 0.15) is 28.3 Å². The van der Waals surface area contributed by atoms with E-state index >= 15 is 0 Å². The summed E-state index contributed by atoms with van der Waals surface area (Å²) in [5.41, 5.74) is 5.52. The van der Waals surface area contributed by atoms with Crippen molar-refractivity contribution in [2.24, 2.45) is 5.84 Å². The fourth-order valence-corrected chi connectivity index (χ4v) is 2.31. The third kappa shape index (κ3) is 3.03. The highest BCUT2D eigenvalue weighted by Crippen LogP contribution is 2.24. The van der Waals surface area contributed by atoms with Gasteiger partial charge in [-0.25, -0.2) is 8.78 Å². The van der Waals surface area contributed by atoms with Crippen molar-refractivity contribution < 1.29 is 8.78 Å². The van der Waals surface area contributed by atoms with Crippen molar-refractivity contribution in [2.75, 3.05) is 0 Å². The number of hydrogen-bond acceptors (Lipinski definition) is 2. The SMILES string of the molecule is Cc1cc(F)ccc1CC(NN)c1cccc(C)c1F. The van der Waals surface area contributed by atoms with Crippen LogP contribution in [-0.4, -0.2) is 0 Å². The Hall–Kier alpha value is -1.78. The molecule has 1 atom stereocenters. The topological polar surface area (TPSA) is 38.0 Å². The van der Waals surface area contributed by atoms with E-state index in [1.807, 2.05) is 6.92 Å². The highest BCUT2D eigenvalue weighted by molar-refractivity contribution is 5.32. The van der Waals surface area contributed by atoms with Crippen LogP contribution in [0.15, 0.2) is 36.4 Å². The van der Waals surface area contributed by atoms with Crippen molar-refractivity contribution >= 4 is 0 Å². The van der Waals surface area contributed by atoms with Gasteiger partial charge < -0.3 is 0 Å². The maximum absolute atomic E-state index is 14.2. The Balaban J connectivity index is 2.31. The van der Waals surface area contributed by atoms with E-state index in [0.29, 0.717) is 17.5 Å². The third-order valence-electron chi connectivity index (χ3n) is 3.53. The first-order valence-corrected chi connectivity index (χ1v) is 6.49. The average molecular weight is 276 g/mol. The molecule has 0 aliphatic rings. The first kappa shape index (κ1) is 14.6. The van der Waals surface area contributed by atoms with E-state index in [2.05, 4.69) is 5.43 Å². The van der Waals surface area contributed by atoms with Gasteiger partial charge in [-0.15, -0.1) is 0 Å². The lowest BCUT2D eigenvalue weighted by molar-refractivity contribution is 0.506. The lowest BCUT2D eigenvalue weighted by Gasteiger charge is -2.19. The molecule has 2 nitrogen and oxygen atoms in total. The van der Waals surface area contributed by atoms with Crippen LogP contribution in [0, 0.1) is 25.5 Å². The molecule has 4 heteroatoms. The van der Waals surface area contributed by atoms with Gasteiger partial charge in [0.2, 0.25) is 0 Å². The van der Waals surface area contributed by atoms with Crippen molar-refractivity contribution in [1.82, 2.24) is 5.43 Å². The lowest BCUT2D eigenvalue weighted by Crippen LogP contribution is -2.30. The molecule has 3 N–H and O–H groups in total. The van der Waals surface area contributed by atoms with Gasteiger partial charge in [0.1, 0.15) is 11.6 Å². The minimum atomic E-state index is -0.348. The number of halogens is 2. The molecule has 0 amide bonds. The molecule has 0 saturated carbocycles. The summed E-state index contributed by atoms with van der Waals surface area (Å²) in [5.74, 6) is 5.03. The molecule has 0 aromatic heterocycles. The summed E-state index contributed by atoms with van der Waals surface area (Å²) in [4.78, 5) is 0. The van der Waals surface area contributed by atoms with Gasteiger partial charge in [-0.2, -0.15) is 0 Å². The van der Waals surface area contributed by atoms with Gasteiger partial charge in [0, 0.05) is 5.56 Å². The van der Waals surface area contributed by atoms with E-state index in [9.17, 15) is 8.78 Å². The van der Waals surface area contributed by atoms with E-state index in [0.717, 1.165) is 11.1 Å². The summed E-state index contributed by atoms with van der Waals surface area (Å²) >= 11 is 0. The molecule has 0 aliphatic carbocycles. The zero-order chi connectivity index (χ0) is 14.7. The predicted octanol–water partition coefficient (Wildman–Crippen LogP) is 3.33. The molecule has 0 aliphatic heterocycles. The number of rotatable bonds is 4. The van der Waals surface area contributed by atoms with Crippen molar-refractivity contribution in [3.63, 3.8) is 0 Å². The number of aryl methyl sites for hydroxylation is 2. The summed E-state index contributed by atoms with van der Waals surface area (Å²) in [6.07, 6.45) is 0.503. The van der Waals surface area contributed by atoms with Crippen LogP contribution in [0.2, 0.25) is 0 Å². The second kappa shape index (κ2) is 6.11. The second-order valence-electron chi connectivity index (χ2n) is 4.97. The van der Waals surface area contributed by atoms with Gasteiger partial charge >= 0.3 is 0 Å². The normalized spacial score (nSPS) is 12.4. The zero-order valence-electron chi connectivity index (χ0n) is 11.6. The van der Waals surface area contributed by atoms with Gasteiger partial charge in [-0.1, -0.05) is 24.3 Å². The molecule has 0 bridgehead atoms. The fourth-order valence-electron chi connectivity index (χ4n) is 2.31. The third-order valence-corrected chi connectivity index (χ3v) is 3.53. The summed E-state index contributed by atoms with van der Waals surface area (Å²) in [7, 11) is 0. The highest BCUT2D eigenvalue weighted by Gasteiger charge is 2.17. The molecule has 2 aromatic carbocycles. The Bertz CT molecular complexity index is 611. The minimum absolute atomic E-state index is 0.254. The summed E-state index contributed by atoms with van der Waals surface area (Å²) in [5, 5.41) is 0. The molecule has 1 unspecified atom stereocenters. The van der Waals surface area contributed by atoms with Crippen molar-refractivity contribution in [2.45, 2.75) is 26.3 Å². The van der Waals surface area contributed by atoms with Crippen LogP contribution in [-0.2, 0) is 6.42 Å². The van der Waals surface area contributed by atoms with E-state index in [1.54, 1.807) is 31.2 Å². The lowest BCUT2D eigenvalue weighted by atomic mass is 9.95. The van der Waals surface area contributed by atoms with E-state index in [-0.39, 0.29) is 17.7 Å². The summed E-state index contributed by atoms with van der Waals surface area (Å²) in [6, 6.07) is 9.47. The van der Waals surface area contributed by atoms with Crippen molar-refractivity contribution in [3.05, 3.63) is 70.3 Å². The maximum atomic E-state index is 14.2. The highest BCUT2D eigenvalue weighted by atomic mass is 19.1. The van der Waals surface area contributed by atoms with Crippen LogP contribution < -0.4 is 11.3 Å². The quantitative estimate of drug-likeness (QED) is 0.664. The van der Waals surface area contributed by atoms with E-state index < -0.39 is 0 Å². The molecule has 0 heterocycles. The first-order chi connectivity index (χ1) is 9.52. The number of hydrazine groups is 1. The molecule has 0 saturated heterocycles. The average Bonchev–Trinajstić information content (AvgIpc) is 2.42. The van der Waals surface area contributed by atoms with Crippen LogP contribution >= 0.6 is 0 Å². The molecule has 20 heavy (non-hydrogen) atoms. The van der Waals surface area contributed by atoms with Gasteiger partial charge in [-0.3, -0.25) is 11.3 Å². The Morgan fingerprint density at radius 2 is 1.85 bits per heavy atom. The van der Waals surface area contributed by atoms with Crippen LogP contribution in [0.3, 0.4) is 0 Å². The maximum Gasteiger partial charge on any atom is 0.130 e. The Labute approximate surface area is 117 Å². The number of hydrogen-bond donors (Lipinski definition) is 2. The largest absolute Gasteiger partial charge is 0.271 e. The van der Waals surface area contributed by atoms with E-state index in [1.165, 1.54) is 12.1 Å². The molecule has 2 aromatic rings. The predicted molar refractivity (Wildman–Crippen MR) is 76.0 cm³/mol. The van der Waals surface area contributed by atoms with Crippen LogP contribution in [0.4, 0.5) is 8.78 Å². The molecule has 2 rings (SSSR count). The summed E-state index contributed by atoms with van der Waals surface area (Å²) < 4.78 is 27.3. The van der Waals surface area contributed by atoms with Crippen molar-refractivity contribution in [1.29, 1.82) is 0 Å². The molecule has 0 fully saturated rings. The first-order valence-electron chi connectivity index (χ1n) is 6.49. The Kier molecular flexibility index (Phi) is 4.47. The smallest absolute Gasteiger partial charge is 0.130 e. The second-order valence-corrected chi connectivity index (χ2v) is 4.97. The van der Waals surface area contributed by atoms with Crippen LogP contribution in [0.5, 0.6) is 0 Å². The Morgan fingerprint density at radius 1 is 1.10 bits per heavy atom. The van der Waals surface area contributed by atoms with Gasteiger partial charge in [0.25, 0.3) is 0 Å². The number of nitrogens with two attached hydrogens (primary N) is 1. The Morgan fingerprint density at radius 3 is 2.50 bits per heavy atom. The monoisotopic (exact) mass is 276 g/mol. The van der Waals surface area contributed by atoms with Gasteiger partial charge in [0.15, 0.2) is 0 Å². The van der Waals surface area contributed by atoms with Crippen LogP contribution in [0.25, 0.3) is 0 Å².